The van der Waals surface area contributed by atoms with Gasteiger partial charge in [0.15, 0.2) is 0 Å². The molecule has 0 spiro atoms. The first-order valence-electron chi connectivity index (χ1n) is 6.15. The molecule has 0 atom stereocenters. The number of carbonyl (C=O) groups excluding carboxylic acids is 1. The van der Waals surface area contributed by atoms with Crippen molar-refractivity contribution in [2.24, 2.45) is 0 Å². The molecule has 1 aromatic carbocycles. The molecule has 1 heterocycles. The Hall–Kier alpha value is -2.70. The highest BCUT2D eigenvalue weighted by atomic mass is 16.6. The predicted molar refractivity (Wildman–Crippen MR) is 73.4 cm³/mol. The van der Waals surface area contributed by atoms with Crippen molar-refractivity contribution in [3.63, 3.8) is 0 Å². The number of aromatic amines is 1. The Morgan fingerprint density at radius 3 is 2.70 bits per heavy atom. The van der Waals surface area contributed by atoms with Crippen LogP contribution < -0.4 is 5.32 Å². The fraction of sp³-hybridized carbons (Fsp3) is 0.231. The third-order valence-corrected chi connectivity index (χ3v) is 2.88. The van der Waals surface area contributed by atoms with Crippen LogP contribution in [0.2, 0.25) is 0 Å². The second kappa shape index (κ2) is 5.96. The van der Waals surface area contributed by atoms with E-state index in [2.05, 4.69) is 15.5 Å². The number of hydrogen-bond donors (Lipinski definition) is 2. The van der Waals surface area contributed by atoms with E-state index in [1.54, 1.807) is 18.3 Å². The van der Waals surface area contributed by atoms with E-state index in [0.717, 1.165) is 12.0 Å². The molecule has 7 heteroatoms. The summed E-state index contributed by atoms with van der Waals surface area (Å²) in [4.78, 5) is 21.9. The number of aromatic nitrogens is 2. The summed E-state index contributed by atoms with van der Waals surface area (Å²) in [6.45, 7) is 1.97. The van der Waals surface area contributed by atoms with Gasteiger partial charge < -0.3 is 5.32 Å². The van der Waals surface area contributed by atoms with Gasteiger partial charge in [0.1, 0.15) is 5.82 Å². The van der Waals surface area contributed by atoms with E-state index in [1.807, 2.05) is 6.92 Å². The maximum atomic E-state index is 11.9. The summed E-state index contributed by atoms with van der Waals surface area (Å²) in [7, 11) is 0. The first kappa shape index (κ1) is 13.7. The lowest BCUT2D eigenvalue weighted by atomic mass is 10.1. The van der Waals surface area contributed by atoms with Crippen molar-refractivity contribution in [1.29, 1.82) is 0 Å². The van der Waals surface area contributed by atoms with Crippen molar-refractivity contribution >= 4 is 17.4 Å². The normalized spacial score (nSPS) is 10.2. The smallest absolute Gasteiger partial charge is 0.269 e. The number of H-pyrrole nitrogens is 1. The van der Waals surface area contributed by atoms with E-state index >= 15 is 0 Å². The van der Waals surface area contributed by atoms with Gasteiger partial charge in [-0.3, -0.25) is 20.0 Å². The number of carbonyl (C=O) groups is 1. The van der Waals surface area contributed by atoms with Gasteiger partial charge in [-0.15, -0.1) is 0 Å². The number of non-ortho nitro benzene ring substituents is 1. The van der Waals surface area contributed by atoms with E-state index in [-0.39, 0.29) is 18.0 Å². The van der Waals surface area contributed by atoms with Crippen LogP contribution in [0.3, 0.4) is 0 Å². The van der Waals surface area contributed by atoms with Crippen molar-refractivity contribution < 1.29 is 9.72 Å². The standard InChI is InChI=1S/C13H14N4O3/c1-2-10-8-14-16-13(10)15-12(18)7-9-3-5-11(6-4-9)17(19)20/h3-6,8H,2,7H2,1H3,(H2,14,15,16,18). The quantitative estimate of drug-likeness (QED) is 0.643. The summed E-state index contributed by atoms with van der Waals surface area (Å²) >= 11 is 0. The van der Waals surface area contributed by atoms with Gasteiger partial charge >= 0.3 is 0 Å². The minimum absolute atomic E-state index is 0.0102. The second-order valence-electron chi connectivity index (χ2n) is 4.27. The molecule has 2 rings (SSSR count). The molecule has 0 bridgehead atoms. The highest BCUT2D eigenvalue weighted by Gasteiger charge is 2.10. The summed E-state index contributed by atoms with van der Waals surface area (Å²) in [6.07, 6.45) is 2.59. The zero-order valence-electron chi connectivity index (χ0n) is 10.9. The molecule has 0 fully saturated rings. The molecule has 2 N–H and O–H groups in total. The minimum atomic E-state index is -0.470. The molecule has 1 aromatic heterocycles. The SMILES string of the molecule is CCc1cn[nH]c1NC(=O)Cc1ccc([N+](=O)[O-])cc1. The molecule has 0 aliphatic rings. The molecule has 7 nitrogen and oxygen atoms in total. The summed E-state index contributed by atoms with van der Waals surface area (Å²) in [6, 6.07) is 5.92. The van der Waals surface area contributed by atoms with Gasteiger partial charge in [0.2, 0.25) is 5.91 Å². The first-order chi connectivity index (χ1) is 9.60. The molecule has 104 valence electrons. The maximum Gasteiger partial charge on any atom is 0.269 e. The van der Waals surface area contributed by atoms with Crippen molar-refractivity contribution in [1.82, 2.24) is 10.2 Å². The van der Waals surface area contributed by atoms with Gasteiger partial charge in [-0.2, -0.15) is 5.10 Å². The van der Waals surface area contributed by atoms with Crippen LogP contribution in [0.5, 0.6) is 0 Å². The Kier molecular flexibility index (Phi) is 4.09. The summed E-state index contributed by atoms with van der Waals surface area (Å²) in [5.74, 6) is 0.400. The number of amides is 1. The molecule has 1 amide bonds. The van der Waals surface area contributed by atoms with Crippen LogP contribution in [-0.2, 0) is 17.6 Å². The van der Waals surface area contributed by atoms with Gasteiger partial charge in [-0.1, -0.05) is 19.1 Å². The second-order valence-corrected chi connectivity index (χ2v) is 4.27. The maximum absolute atomic E-state index is 11.9. The third kappa shape index (κ3) is 3.19. The van der Waals surface area contributed by atoms with Gasteiger partial charge in [0.05, 0.1) is 17.5 Å². The Morgan fingerprint density at radius 2 is 2.10 bits per heavy atom. The number of rotatable bonds is 5. The number of nitrogens with zero attached hydrogens (tertiary/aromatic N) is 2. The molecule has 0 saturated carbocycles. The number of nitrogens with one attached hydrogen (secondary N) is 2. The van der Waals surface area contributed by atoms with Crippen LogP contribution in [0.25, 0.3) is 0 Å². The third-order valence-electron chi connectivity index (χ3n) is 2.88. The first-order valence-corrected chi connectivity index (χ1v) is 6.15. The topological polar surface area (TPSA) is 101 Å². The molecular formula is C13H14N4O3. The van der Waals surface area contributed by atoms with E-state index < -0.39 is 4.92 Å². The fourth-order valence-corrected chi connectivity index (χ4v) is 1.79. The predicted octanol–water partition coefficient (Wildman–Crippen LogP) is 2.06. The zero-order valence-corrected chi connectivity index (χ0v) is 10.9. The largest absolute Gasteiger partial charge is 0.311 e. The minimum Gasteiger partial charge on any atom is -0.311 e. The fourth-order valence-electron chi connectivity index (χ4n) is 1.79. The molecule has 0 unspecified atom stereocenters. The van der Waals surface area contributed by atoms with Gasteiger partial charge in [0.25, 0.3) is 5.69 Å². The van der Waals surface area contributed by atoms with Crippen LogP contribution in [0.4, 0.5) is 11.5 Å². The lowest BCUT2D eigenvalue weighted by Gasteiger charge is -2.04. The molecule has 0 radical (unpaired) electrons. The van der Waals surface area contributed by atoms with Crippen LogP contribution in [0.1, 0.15) is 18.1 Å². The number of benzene rings is 1. The van der Waals surface area contributed by atoms with E-state index in [9.17, 15) is 14.9 Å². The zero-order chi connectivity index (χ0) is 14.5. The van der Waals surface area contributed by atoms with Crippen molar-refractivity contribution in [3.05, 3.63) is 51.7 Å². The molecule has 20 heavy (non-hydrogen) atoms. The van der Waals surface area contributed by atoms with Gasteiger partial charge in [-0.05, 0) is 12.0 Å². The van der Waals surface area contributed by atoms with Crippen LogP contribution >= 0.6 is 0 Å². The van der Waals surface area contributed by atoms with E-state index in [1.165, 1.54) is 12.1 Å². The Labute approximate surface area is 115 Å². The number of hydrogen-bond acceptors (Lipinski definition) is 4. The summed E-state index contributed by atoms with van der Waals surface area (Å²) in [5, 5.41) is 19.9. The van der Waals surface area contributed by atoms with Gasteiger partial charge in [0, 0.05) is 17.7 Å². The molecule has 0 aliphatic carbocycles. The van der Waals surface area contributed by atoms with Crippen molar-refractivity contribution in [3.8, 4) is 0 Å². The number of anilines is 1. The van der Waals surface area contributed by atoms with Crippen LogP contribution in [0.15, 0.2) is 30.5 Å². The summed E-state index contributed by atoms with van der Waals surface area (Å²) in [5.41, 5.74) is 1.66. The van der Waals surface area contributed by atoms with Crippen LogP contribution in [-0.4, -0.2) is 21.0 Å². The highest BCUT2D eigenvalue weighted by Crippen LogP contribution is 2.14. The van der Waals surface area contributed by atoms with Crippen LogP contribution in [0, 0.1) is 10.1 Å². The van der Waals surface area contributed by atoms with Crippen molar-refractivity contribution in [2.45, 2.75) is 19.8 Å². The Morgan fingerprint density at radius 1 is 1.40 bits per heavy atom. The summed E-state index contributed by atoms with van der Waals surface area (Å²) < 4.78 is 0. The average Bonchev–Trinajstić information content (AvgIpc) is 2.86. The molecule has 2 aromatic rings. The Bertz CT molecular complexity index is 619. The number of aryl methyl sites for hydroxylation is 1. The molecular weight excluding hydrogens is 260 g/mol. The lowest BCUT2D eigenvalue weighted by Crippen LogP contribution is -2.15. The van der Waals surface area contributed by atoms with E-state index in [0.29, 0.717) is 11.4 Å². The highest BCUT2D eigenvalue weighted by molar-refractivity contribution is 5.92. The van der Waals surface area contributed by atoms with Crippen molar-refractivity contribution in [2.75, 3.05) is 5.32 Å². The number of nitro groups is 1. The molecule has 0 saturated heterocycles. The Balaban J connectivity index is 1.99. The molecule has 0 aliphatic heterocycles. The monoisotopic (exact) mass is 274 g/mol. The van der Waals surface area contributed by atoms with Gasteiger partial charge in [-0.25, -0.2) is 0 Å². The number of nitro benzene ring substituents is 1. The lowest BCUT2D eigenvalue weighted by molar-refractivity contribution is -0.384. The average molecular weight is 274 g/mol. The van der Waals surface area contributed by atoms with E-state index in [4.69, 9.17) is 0 Å².